The summed E-state index contributed by atoms with van der Waals surface area (Å²) in [6, 6.07) is 19.8. The molecule has 0 bridgehead atoms. The summed E-state index contributed by atoms with van der Waals surface area (Å²) in [5.41, 5.74) is 3.61. The fourth-order valence-corrected chi connectivity index (χ4v) is 7.22. The highest BCUT2D eigenvalue weighted by Crippen LogP contribution is 2.50. The maximum atomic E-state index is 13.6. The Kier molecular flexibility index (Phi) is 11.8. The average molecular weight is 636 g/mol. The monoisotopic (exact) mass is 634 g/mol. The molecule has 0 spiro atoms. The van der Waals surface area contributed by atoms with Crippen LogP contribution in [0.4, 0.5) is 11.4 Å². The van der Waals surface area contributed by atoms with Gasteiger partial charge in [-0.2, -0.15) is 0 Å². The number of carbonyl (C=O) groups is 1. The van der Waals surface area contributed by atoms with E-state index in [-0.39, 0.29) is 12.5 Å². The molecular formula is C31H40Cl2N4O4S. The smallest absolute Gasteiger partial charge is 0.251 e. The zero-order valence-electron chi connectivity index (χ0n) is 23.7. The van der Waals surface area contributed by atoms with Gasteiger partial charge in [0.05, 0.1) is 23.6 Å². The number of aliphatic hydroxyl groups is 1. The fourth-order valence-electron chi connectivity index (χ4n) is 5.04. The normalized spacial score (nSPS) is 16.9. The first-order valence-corrected chi connectivity index (χ1v) is 16.7. The lowest BCUT2D eigenvalue weighted by molar-refractivity contribution is 0.0831. The zero-order valence-corrected chi connectivity index (χ0v) is 26.1. The lowest BCUT2D eigenvalue weighted by Gasteiger charge is -2.47. The highest BCUT2D eigenvalue weighted by Gasteiger charge is 2.28. The molecule has 1 saturated heterocycles. The van der Waals surface area contributed by atoms with Crippen LogP contribution >= 0.6 is 34.0 Å². The second-order valence-corrected chi connectivity index (χ2v) is 13.4. The summed E-state index contributed by atoms with van der Waals surface area (Å²) in [4.78, 5) is 13.6. The van der Waals surface area contributed by atoms with Crippen molar-refractivity contribution in [1.29, 1.82) is 0 Å². The fraction of sp³-hybridized carbons (Fsp3) is 0.387. The molecule has 42 heavy (non-hydrogen) atoms. The average Bonchev–Trinajstić information content (AvgIpc) is 2.96. The first-order chi connectivity index (χ1) is 20.2. The van der Waals surface area contributed by atoms with E-state index in [0.717, 1.165) is 24.0 Å². The summed E-state index contributed by atoms with van der Waals surface area (Å²) in [6.07, 6.45) is 1.81. The largest absolute Gasteiger partial charge is 0.390 e. The second kappa shape index (κ2) is 15.3. The summed E-state index contributed by atoms with van der Waals surface area (Å²) >= 11 is 12.3. The van der Waals surface area contributed by atoms with Crippen LogP contribution in [-0.4, -0.2) is 64.2 Å². The lowest BCUT2D eigenvalue weighted by atomic mass is 10.00. The Bertz CT molecular complexity index is 1330. The number of amides is 1. The Morgan fingerprint density at radius 3 is 2.55 bits per heavy atom. The number of aliphatic hydroxyl groups excluding tert-OH is 1. The summed E-state index contributed by atoms with van der Waals surface area (Å²) in [5, 5.41) is 22.0. The van der Waals surface area contributed by atoms with E-state index in [4.69, 9.17) is 23.2 Å². The highest BCUT2D eigenvalue weighted by atomic mass is 35.5. The highest BCUT2D eigenvalue weighted by molar-refractivity contribution is 8.25. The molecule has 8 nitrogen and oxygen atoms in total. The van der Waals surface area contributed by atoms with E-state index in [0.29, 0.717) is 65.2 Å². The minimum absolute atomic E-state index is 0.264. The molecule has 1 fully saturated rings. The van der Waals surface area contributed by atoms with Gasteiger partial charge in [-0.3, -0.25) is 18.2 Å². The first-order valence-electron chi connectivity index (χ1n) is 14.3. The van der Waals surface area contributed by atoms with E-state index in [1.54, 1.807) is 28.6 Å². The van der Waals surface area contributed by atoms with Crippen molar-refractivity contribution >= 4 is 51.3 Å². The third-order valence-corrected chi connectivity index (χ3v) is 9.77. The molecule has 0 unspecified atom stereocenters. The molecule has 6 N–H and O–H groups in total. The molecule has 0 saturated carbocycles. The van der Waals surface area contributed by atoms with E-state index in [9.17, 15) is 19.0 Å². The van der Waals surface area contributed by atoms with Gasteiger partial charge in [-0.15, -0.1) is 10.8 Å². The van der Waals surface area contributed by atoms with Gasteiger partial charge in [0, 0.05) is 40.9 Å². The zero-order chi connectivity index (χ0) is 30.1. The predicted octanol–water partition coefficient (Wildman–Crippen LogP) is 6.23. The molecule has 2 atom stereocenters. The number of benzene rings is 3. The van der Waals surface area contributed by atoms with Gasteiger partial charge < -0.3 is 21.1 Å². The van der Waals surface area contributed by atoms with E-state index >= 15 is 0 Å². The third kappa shape index (κ3) is 9.00. The molecule has 1 amide bonds. The van der Waals surface area contributed by atoms with Crippen LogP contribution in [0, 0.1) is 0 Å². The van der Waals surface area contributed by atoms with Gasteiger partial charge in [0.25, 0.3) is 5.91 Å². The van der Waals surface area contributed by atoms with Gasteiger partial charge in [-0.25, -0.2) is 0 Å². The molecule has 1 aliphatic rings. The Hall–Kier alpha value is -2.50. The second-order valence-electron chi connectivity index (χ2n) is 10.5. The Labute approximate surface area is 259 Å². The van der Waals surface area contributed by atoms with Crippen LogP contribution in [-0.2, 0) is 12.8 Å². The van der Waals surface area contributed by atoms with Crippen molar-refractivity contribution in [3.8, 4) is 0 Å². The SMILES string of the molecule is CCNc1cc(C(=O)N[C@@H](Cc2ccccc2)[C@H](O)CNCCc2ccc(Cl)cc2Cl)cc(N2CCCCS2(O)O)c1. The van der Waals surface area contributed by atoms with Crippen molar-refractivity contribution in [1.82, 2.24) is 10.6 Å². The van der Waals surface area contributed by atoms with Gasteiger partial charge in [0.1, 0.15) is 0 Å². The number of rotatable bonds is 13. The van der Waals surface area contributed by atoms with E-state index in [1.165, 1.54) is 0 Å². The molecule has 0 aromatic heterocycles. The van der Waals surface area contributed by atoms with Crippen molar-refractivity contribution in [3.05, 3.63) is 93.5 Å². The van der Waals surface area contributed by atoms with Crippen molar-refractivity contribution in [2.75, 3.05) is 41.6 Å². The molecule has 228 valence electrons. The Morgan fingerprint density at radius 2 is 1.83 bits per heavy atom. The summed E-state index contributed by atoms with van der Waals surface area (Å²) in [5.74, 6) is -0.0415. The van der Waals surface area contributed by atoms with Crippen LogP contribution in [0.3, 0.4) is 0 Å². The van der Waals surface area contributed by atoms with E-state index in [1.807, 2.05) is 49.4 Å². The quantitative estimate of drug-likeness (QED) is 0.124. The Balaban J connectivity index is 1.48. The predicted molar refractivity (Wildman–Crippen MR) is 175 cm³/mol. The number of halogens is 2. The molecule has 1 aliphatic heterocycles. The maximum absolute atomic E-state index is 13.6. The number of hydrogen-bond acceptors (Lipinski definition) is 7. The third-order valence-electron chi connectivity index (χ3n) is 7.25. The molecule has 0 aliphatic carbocycles. The van der Waals surface area contributed by atoms with Gasteiger partial charge in [-0.1, -0.05) is 59.6 Å². The van der Waals surface area contributed by atoms with E-state index in [2.05, 4.69) is 16.0 Å². The van der Waals surface area contributed by atoms with Crippen LogP contribution in [0.5, 0.6) is 0 Å². The van der Waals surface area contributed by atoms with Crippen LogP contribution in [0.1, 0.15) is 41.3 Å². The van der Waals surface area contributed by atoms with Gasteiger partial charge >= 0.3 is 0 Å². The van der Waals surface area contributed by atoms with Crippen molar-refractivity contribution in [2.24, 2.45) is 0 Å². The van der Waals surface area contributed by atoms with Crippen molar-refractivity contribution in [2.45, 2.75) is 44.8 Å². The van der Waals surface area contributed by atoms with Gasteiger partial charge in [0.2, 0.25) is 0 Å². The first kappa shape index (κ1) is 32.4. The number of hydrogen-bond donors (Lipinski definition) is 6. The summed E-state index contributed by atoms with van der Waals surface area (Å²) in [7, 11) is -2.96. The Morgan fingerprint density at radius 1 is 1.05 bits per heavy atom. The standard InChI is InChI=1S/C31H40Cl2N4O4S/c1-2-35-26-17-24(18-27(20-26)37-14-6-7-15-42(37,40)41)31(39)36-29(16-22-8-4-3-5-9-22)30(38)21-34-13-12-23-10-11-25(32)19-28(23)33/h3-5,8-11,17-20,29-30,34-35,38,40-41H,2,6-7,12-16,21H2,1H3,(H,36,39)/t29-,30+/m0/s1. The van der Waals surface area contributed by atoms with Gasteiger partial charge in [0.15, 0.2) is 0 Å². The summed E-state index contributed by atoms with van der Waals surface area (Å²) in [6.45, 7) is 3.95. The van der Waals surface area contributed by atoms with Crippen molar-refractivity contribution < 1.29 is 19.0 Å². The van der Waals surface area contributed by atoms with Crippen LogP contribution < -0.4 is 20.3 Å². The number of nitrogens with zero attached hydrogens (tertiary/aromatic N) is 1. The molecule has 1 heterocycles. The van der Waals surface area contributed by atoms with Crippen LogP contribution in [0.2, 0.25) is 10.0 Å². The lowest BCUT2D eigenvalue weighted by Crippen LogP contribution is -2.49. The number of carbonyl (C=O) groups excluding carboxylic acids is 1. The van der Waals surface area contributed by atoms with Crippen molar-refractivity contribution in [3.63, 3.8) is 0 Å². The molecule has 4 rings (SSSR count). The minimum Gasteiger partial charge on any atom is -0.390 e. The topological polar surface area (TPSA) is 117 Å². The van der Waals surface area contributed by atoms with E-state index < -0.39 is 22.9 Å². The molecule has 3 aromatic rings. The molecule has 11 heteroatoms. The summed E-state index contributed by atoms with van der Waals surface area (Å²) < 4.78 is 23.0. The van der Waals surface area contributed by atoms with Gasteiger partial charge in [-0.05, 0) is 80.6 Å². The number of anilines is 2. The molecule has 0 radical (unpaired) electrons. The molecular weight excluding hydrogens is 595 g/mol. The number of nitrogens with one attached hydrogen (secondary N) is 3. The maximum Gasteiger partial charge on any atom is 0.251 e. The van der Waals surface area contributed by atoms with Crippen LogP contribution in [0.25, 0.3) is 0 Å². The molecule has 3 aromatic carbocycles. The minimum atomic E-state index is -2.96. The van der Waals surface area contributed by atoms with Crippen LogP contribution in [0.15, 0.2) is 66.7 Å².